The third-order valence-electron chi connectivity index (χ3n) is 19.1. The van der Waals surface area contributed by atoms with Crippen molar-refractivity contribution in [3.63, 3.8) is 0 Å². The Morgan fingerprint density at radius 1 is 0.340 bits per heavy atom. The van der Waals surface area contributed by atoms with E-state index in [0.717, 1.165) is 157 Å². The van der Waals surface area contributed by atoms with Crippen LogP contribution in [0.25, 0.3) is 0 Å². The van der Waals surface area contributed by atoms with Crippen molar-refractivity contribution in [1.29, 1.82) is 0 Å². The third kappa shape index (κ3) is 19.1. The van der Waals surface area contributed by atoms with Crippen molar-refractivity contribution in [2.75, 3.05) is 39.5 Å². The van der Waals surface area contributed by atoms with Gasteiger partial charge >= 0.3 is 0 Å². The molecule has 16 heteroatoms. The first-order valence-electron chi connectivity index (χ1n) is 36.0. The zero-order valence-electron chi connectivity index (χ0n) is 59.6. The molecule has 0 aromatic heterocycles. The van der Waals surface area contributed by atoms with Gasteiger partial charge < -0.3 is 18.9 Å². The highest BCUT2D eigenvalue weighted by molar-refractivity contribution is 8.25. The van der Waals surface area contributed by atoms with E-state index in [0.29, 0.717) is 86.1 Å². The summed E-state index contributed by atoms with van der Waals surface area (Å²) in [6.07, 6.45) is 22.0. The minimum Gasteiger partial charge on any atom is -0.492 e. The molecule has 4 aliphatic rings. The lowest BCUT2D eigenvalue weighted by molar-refractivity contribution is -0.149. The first kappa shape index (κ1) is 76.2. The SMILES string of the molecule is CCCCC(CC)COc1c(C)c(C)c(OCC(CC)CCCC)c2c1SC(=C1C(=O)N(CCCC)N(CCCC)C1=O)S2.CCCCC(CC)COc1c(C)c(C)c(OCC(CC)CCCC)c2c1SC(=C1C(=O)N(Cc3ccccc3)N(Cc3ccccc3)C1=O)S2. The molecule has 2 saturated heterocycles. The Bertz CT molecular complexity index is 3010. The molecule has 4 aromatic carbocycles. The van der Waals surface area contributed by atoms with Gasteiger partial charge in [-0.25, -0.2) is 20.0 Å². The number of ether oxygens (including phenoxy) is 4. The number of unbranched alkanes of at least 4 members (excludes halogenated alkanes) is 6. The number of carbonyl (C=O) groups excluding carboxylic acids is 4. The highest BCUT2D eigenvalue weighted by atomic mass is 32.2. The normalized spacial score (nSPS) is 15.9. The van der Waals surface area contributed by atoms with E-state index in [1.165, 1.54) is 98.4 Å². The van der Waals surface area contributed by atoms with Crippen LogP contribution in [0.2, 0.25) is 0 Å². The lowest BCUT2D eigenvalue weighted by Gasteiger charge is -2.27. The van der Waals surface area contributed by atoms with Gasteiger partial charge in [0.15, 0.2) is 0 Å². The van der Waals surface area contributed by atoms with Gasteiger partial charge in [-0.2, -0.15) is 0 Å². The van der Waals surface area contributed by atoms with Crippen LogP contribution in [0, 0.1) is 51.4 Å². The van der Waals surface area contributed by atoms with Gasteiger partial charge in [-0.1, -0.05) is 267 Å². The van der Waals surface area contributed by atoms with E-state index < -0.39 is 0 Å². The van der Waals surface area contributed by atoms with E-state index in [1.54, 1.807) is 20.0 Å². The first-order chi connectivity index (χ1) is 45.6. The molecule has 0 radical (unpaired) electrons. The topological polar surface area (TPSA) is 118 Å². The van der Waals surface area contributed by atoms with Crippen molar-refractivity contribution >= 4 is 70.7 Å². The predicted octanol–water partition coefficient (Wildman–Crippen LogP) is 21.0. The Labute approximate surface area is 582 Å². The van der Waals surface area contributed by atoms with Gasteiger partial charge in [-0.15, -0.1) is 0 Å². The standard InChI is InChI=1S/C42H54N2O4S2.C36H58N2O4S2/c1-7-11-19-31(9-3)27-47-36-29(5)30(6)37(48-28-32(10-4)20-12-8-2)39-38(36)49-42(50-39)35-40(45)43(25-33-21-15-13-16-22-33)44(41(35)46)26-34-23-17-14-18-24-34;1-9-15-19-27(13-5)23-41-30-25(7)26(8)31(42-24-28(14-6)20-16-10-2)33-32(30)43-36(44-33)29-34(39)37(21-17-11-3)38(35(29)40)22-18-12-4/h13-18,21-24,31-32H,7-12,19-20,25-28H2,1-6H3;27-28H,9-24H2,1-8H3. The second kappa shape index (κ2) is 38.7. The Kier molecular flexibility index (Phi) is 31.4. The summed E-state index contributed by atoms with van der Waals surface area (Å²) in [6.45, 7) is 35.0. The zero-order valence-corrected chi connectivity index (χ0v) is 62.8. The van der Waals surface area contributed by atoms with Gasteiger partial charge in [0.25, 0.3) is 23.6 Å². The number of hydrogen-bond donors (Lipinski definition) is 0. The van der Waals surface area contributed by atoms with Crippen LogP contribution >= 0.6 is 47.0 Å². The molecule has 516 valence electrons. The number of amides is 4. The quantitative estimate of drug-likeness (QED) is 0.0314. The molecule has 4 heterocycles. The van der Waals surface area contributed by atoms with Crippen LogP contribution in [0.5, 0.6) is 23.0 Å². The van der Waals surface area contributed by atoms with Gasteiger partial charge in [0, 0.05) is 13.1 Å². The van der Waals surface area contributed by atoms with Crippen LogP contribution in [0.3, 0.4) is 0 Å². The number of benzene rings is 4. The molecule has 4 aromatic rings. The fourth-order valence-electron chi connectivity index (χ4n) is 12.2. The van der Waals surface area contributed by atoms with Crippen molar-refractivity contribution in [1.82, 2.24) is 20.0 Å². The average molecular weight is 1360 g/mol. The van der Waals surface area contributed by atoms with E-state index in [9.17, 15) is 19.2 Å². The number of nitrogens with zero attached hydrogens (tertiary/aromatic N) is 4. The molecule has 2 fully saturated rings. The summed E-state index contributed by atoms with van der Waals surface area (Å²) in [5.41, 5.74) is 6.75. The van der Waals surface area contributed by atoms with E-state index in [1.807, 2.05) is 60.7 Å². The number of thioether (sulfide) groups is 4. The Morgan fingerprint density at radius 3 is 0.819 bits per heavy atom. The summed E-state index contributed by atoms with van der Waals surface area (Å²) in [5.74, 6) is 4.53. The summed E-state index contributed by atoms with van der Waals surface area (Å²) >= 11 is 6.05. The van der Waals surface area contributed by atoms with Crippen molar-refractivity contribution in [3.8, 4) is 23.0 Å². The predicted molar refractivity (Wildman–Crippen MR) is 392 cm³/mol. The zero-order chi connectivity index (χ0) is 67.8. The Morgan fingerprint density at radius 2 is 0.585 bits per heavy atom. The lowest BCUT2D eigenvalue weighted by Crippen LogP contribution is -2.42. The second-order valence-electron chi connectivity index (χ2n) is 26.0. The van der Waals surface area contributed by atoms with E-state index >= 15 is 0 Å². The van der Waals surface area contributed by atoms with E-state index in [2.05, 4.69) is 96.9 Å². The van der Waals surface area contributed by atoms with Gasteiger partial charge in [0.05, 0.1) is 67.6 Å². The monoisotopic (exact) mass is 1360 g/mol. The summed E-state index contributed by atoms with van der Waals surface area (Å²) in [5, 5.41) is 6.61. The Hall–Kier alpha value is -5.16. The molecule has 4 unspecified atom stereocenters. The fraction of sp³-hybridized carbons (Fsp3) is 0.590. The fourth-order valence-corrected chi connectivity index (χ4v) is 17.9. The summed E-state index contributed by atoms with van der Waals surface area (Å²) in [6, 6.07) is 19.7. The van der Waals surface area contributed by atoms with Crippen molar-refractivity contribution in [2.45, 2.75) is 258 Å². The maximum Gasteiger partial charge on any atom is 0.280 e. The largest absolute Gasteiger partial charge is 0.492 e. The third-order valence-corrected chi connectivity index (χ3v) is 24.3. The molecule has 4 aliphatic heterocycles. The molecule has 4 amide bonds. The van der Waals surface area contributed by atoms with Crippen molar-refractivity contribution in [2.24, 2.45) is 23.7 Å². The molecule has 0 saturated carbocycles. The van der Waals surface area contributed by atoms with Crippen molar-refractivity contribution < 1.29 is 38.1 Å². The highest BCUT2D eigenvalue weighted by Crippen LogP contribution is 2.63. The number of hydrogen-bond acceptors (Lipinski definition) is 12. The molecule has 0 spiro atoms. The second-order valence-corrected chi connectivity index (χ2v) is 30.6. The lowest BCUT2D eigenvalue weighted by atomic mass is 10.00. The summed E-state index contributed by atoms with van der Waals surface area (Å²) in [4.78, 5) is 60.4. The first-order valence-corrected chi connectivity index (χ1v) is 39.2. The van der Waals surface area contributed by atoms with E-state index in [-0.39, 0.29) is 29.2 Å². The van der Waals surface area contributed by atoms with Crippen LogP contribution in [0.1, 0.15) is 231 Å². The number of fused-ring (bicyclic) bond motifs is 2. The van der Waals surface area contributed by atoms with Crippen LogP contribution in [-0.4, -0.2) is 83.2 Å². The van der Waals surface area contributed by atoms with Gasteiger partial charge in [0.1, 0.15) is 34.1 Å². The summed E-state index contributed by atoms with van der Waals surface area (Å²) in [7, 11) is 0. The maximum absolute atomic E-state index is 14.4. The van der Waals surface area contributed by atoms with Crippen molar-refractivity contribution in [3.05, 3.63) is 114 Å². The minimum absolute atomic E-state index is 0.169. The molecule has 8 rings (SSSR count). The van der Waals surface area contributed by atoms with Gasteiger partial charge in [-0.05, 0) is 123 Å². The minimum atomic E-state index is -0.271. The molecular formula is C78H112N4O8S4. The maximum atomic E-state index is 14.4. The van der Waals surface area contributed by atoms with Gasteiger partial charge in [-0.3, -0.25) is 19.2 Å². The van der Waals surface area contributed by atoms with Gasteiger partial charge in [0.2, 0.25) is 0 Å². The molecular weight excluding hydrogens is 1250 g/mol. The average Bonchev–Trinajstić information content (AvgIpc) is 1.58. The molecule has 12 nitrogen and oxygen atoms in total. The Balaban J connectivity index is 0.000000268. The van der Waals surface area contributed by atoms with Crippen LogP contribution in [-0.2, 0) is 32.3 Å². The summed E-state index contributed by atoms with van der Waals surface area (Å²) < 4.78 is 28.3. The molecule has 94 heavy (non-hydrogen) atoms. The number of rotatable bonds is 38. The van der Waals surface area contributed by atoms with Crippen LogP contribution in [0.15, 0.2) is 99.9 Å². The molecule has 0 aliphatic carbocycles. The number of carbonyl (C=O) groups is 4. The highest BCUT2D eigenvalue weighted by Gasteiger charge is 2.47. The van der Waals surface area contributed by atoms with Crippen LogP contribution < -0.4 is 18.9 Å². The molecule has 0 bridgehead atoms. The van der Waals surface area contributed by atoms with Crippen LogP contribution in [0.4, 0.5) is 0 Å². The molecule has 0 N–H and O–H groups in total. The van der Waals surface area contributed by atoms with E-state index in [4.69, 9.17) is 18.9 Å². The smallest absolute Gasteiger partial charge is 0.280 e. The number of hydrazine groups is 2. The molecule has 4 atom stereocenters.